The third-order valence-corrected chi connectivity index (χ3v) is 4.37. The number of halogens is 1. The van der Waals surface area contributed by atoms with Crippen molar-refractivity contribution in [2.45, 2.75) is 12.6 Å². The lowest BCUT2D eigenvalue weighted by Crippen LogP contribution is -2.45. The normalized spacial score (nSPS) is 17.4. The molecule has 3 rings (SSSR count). The highest BCUT2D eigenvalue weighted by Crippen LogP contribution is 2.30. The fourth-order valence-electron chi connectivity index (χ4n) is 3.00. The zero-order valence-corrected chi connectivity index (χ0v) is 14.7. The number of amides is 1. The number of carbonyl (C=O) groups excluding carboxylic acids is 1. The minimum Gasteiger partial charge on any atom is -0.383 e. The number of methoxy groups -OCH3 is 1. The zero-order valence-electron chi connectivity index (χ0n) is 14.7. The summed E-state index contributed by atoms with van der Waals surface area (Å²) < 4.78 is 24.4. The third kappa shape index (κ3) is 4.17. The fourth-order valence-corrected chi connectivity index (χ4v) is 3.00. The molecule has 0 radical (unpaired) electrons. The van der Waals surface area contributed by atoms with Gasteiger partial charge >= 0.3 is 0 Å². The summed E-state index contributed by atoms with van der Waals surface area (Å²) in [6, 6.07) is 8.20. The fraction of sp³-hybridized carbons (Fsp3) is 0.368. The first-order valence-corrected chi connectivity index (χ1v) is 8.48. The molecule has 0 saturated carbocycles. The molecule has 138 valence electrons. The quantitative estimate of drug-likeness (QED) is 0.822. The van der Waals surface area contributed by atoms with Gasteiger partial charge in [-0.25, -0.2) is 4.39 Å². The van der Waals surface area contributed by atoms with Gasteiger partial charge < -0.3 is 19.7 Å². The molecule has 1 aromatic carbocycles. The first-order valence-electron chi connectivity index (χ1n) is 8.48. The second-order valence-corrected chi connectivity index (χ2v) is 6.02. The van der Waals surface area contributed by atoms with Crippen LogP contribution in [0.4, 0.5) is 10.1 Å². The molecule has 2 heterocycles. The number of hydrogen-bond donors (Lipinski definition) is 1. The number of benzene rings is 1. The Bertz CT molecular complexity index is 756. The van der Waals surface area contributed by atoms with E-state index in [9.17, 15) is 9.18 Å². The van der Waals surface area contributed by atoms with Gasteiger partial charge in [0.2, 0.25) is 5.91 Å². The van der Waals surface area contributed by atoms with Crippen molar-refractivity contribution in [3.05, 3.63) is 59.7 Å². The van der Waals surface area contributed by atoms with Gasteiger partial charge in [0.05, 0.1) is 19.3 Å². The summed E-state index contributed by atoms with van der Waals surface area (Å²) in [4.78, 5) is 18.2. The lowest BCUT2D eigenvalue weighted by atomic mass is 10.0. The van der Waals surface area contributed by atoms with Crippen LogP contribution in [0.15, 0.2) is 42.7 Å². The molecule has 2 aromatic rings. The molecule has 1 saturated heterocycles. The summed E-state index contributed by atoms with van der Waals surface area (Å²) in [5, 5.41) is 3.25. The molecular weight excluding hydrogens is 337 g/mol. The van der Waals surface area contributed by atoms with Crippen molar-refractivity contribution in [3.8, 4) is 0 Å². The van der Waals surface area contributed by atoms with E-state index in [-0.39, 0.29) is 24.4 Å². The van der Waals surface area contributed by atoms with Crippen LogP contribution in [0.5, 0.6) is 0 Å². The summed E-state index contributed by atoms with van der Waals surface area (Å²) >= 11 is 0. The van der Waals surface area contributed by atoms with E-state index >= 15 is 0 Å². The van der Waals surface area contributed by atoms with E-state index in [0.29, 0.717) is 31.9 Å². The molecule has 1 unspecified atom stereocenters. The molecule has 1 aromatic heterocycles. The standard InChI is InChI=1S/C19H22FN3O3/c1-25-9-8-23-18(12-26-13-19(23)24)15-11-21-7-6-17(15)22-10-14-4-2-3-5-16(14)20/h2-7,11,18H,8-10,12-13H2,1H3,(H,21,22). The van der Waals surface area contributed by atoms with Gasteiger partial charge in [0.15, 0.2) is 0 Å². The van der Waals surface area contributed by atoms with E-state index in [1.165, 1.54) is 6.07 Å². The number of anilines is 1. The number of ether oxygens (including phenoxy) is 2. The maximum Gasteiger partial charge on any atom is 0.249 e. The van der Waals surface area contributed by atoms with E-state index < -0.39 is 0 Å². The third-order valence-electron chi connectivity index (χ3n) is 4.37. The van der Waals surface area contributed by atoms with E-state index in [4.69, 9.17) is 9.47 Å². The van der Waals surface area contributed by atoms with Crippen molar-refractivity contribution in [1.29, 1.82) is 0 Å². The number of hydrogen-bond acceptors (Lipinski definition) is 5. The van der Waals surface area contributed by atoms with Crippen LogP contribution in [-0.2, 0) is 20.8 Å². The Morgan fingerprint density at radius 2 is 2.23 bits per heavy atom. The molecule has 1 aliphatic heterocycles. The highest BCUT2D eigenvalue weighted by atomic mass is 19.1. The topological polar surface area (TPSA) is 63.7 Å². The summed E-state index contributed by atoms with van der Waals surface area (Å²) in [5.41, 5.74) is 2.21. The van der Waals surface area contributed by atoms with Crippen LogP contribution in [0.2, 0.25) is 0 Å². The van der Waals surface area contributed by atoms with Crippen LogP contribution in [0, 0.1) is 5.82 Å². The van der Waals surface area contributed by atoms with Gasteiger partial charge in [-0.05, 0) is 12.1 Å². The Labute approximate surface area is 151 Å². The van der Waals surface area contributed by atoms with Crippen molar-refractivity contribution in [2.75, 3.05) is 38.8 Å². The van der Waals surface area contributed by atoms with E-state index in [0.717, 1.165) is 11.3 Å². The molecular formula is C19H22FN3O3. The molecule has 1 aliphatic rings. The molecule has 1 N–H and O–H groups in total. The summed E-state index contributed by atoms with van der Waals surface area (Å²) in [7, 11) is 1.60. The second kappa shape index (κ2) is 8.73. The largest absolute Gasteiger partial charge is 0.383 e. The van der Waals surface area contributed by atoms with Gasteiger partial charge in [0.25, 0.3) is 0 Å². The predicted molar refractivity (Wildman–Crippen MR) is 95.1 cm³/mol. The van der Waals surface area contributed by atoms with Crippen LogP contribution in [-0.4, -0.2) is 49.3 Å². The summed E-state index contributed by atoms with van der Waals surface area (Å²) in [6.45, 7) is 1.71. The van der Waals surface area contributed by atoms with Crippen molar-refractivity contribution in [1.82, 2.24) is 9.88 Å². The Morgan fingerprint density at radius 3 is 3.04 bits per heavy atom. The Morgan fingerprint density at radius 1 is 1.38 bits per heavy atom. The first-order chi connectivity index (χ1) is 12.7. The molecule has 7 heteroatoms. The number of aromatic nitrogens is 1. The maximum absolute atomic E-state index is 13.9. The van der Waals surface area contributed by atoms with Crippen LogP contribution >= 0.6 is 0 Å². The lowest BCUT2D eigenvalue weighted by molar-refractivity contribution is -0.149. The highest BCUT2D eigenvalue weighted by Gasteiger charge is 2.31. The maximum atomic E-state index is 13.9. The van der Waals surface area contributed by atoms with E-state index in [1.807, 2.05) is 6.07 Å². The second-order valence-electron chi connectivity index (χ2n) is 6.02. The van der Waals surface area contributed by atoms with Crippen molar-refractivity contribution in [3.63, 3.8) is 0 Å². The average molecular weight is 359 g/mol. The minimum atomic E-state index is -0.261. The van der Waals surface area contributed by atoms with E-state index in [1.54, 1.807) is 42.6 Å². The molecule has 1 fully saturated rings. The lowest BCUT2D eigenvalue weighted by Gasteiger charge is -2.36. The van der Waals surface area contributed by atoms with E-state index in [2.05, 4.69) is 10.3 Å². The number of pyridine rings is 1. The predicted octanol–water partition coefficient (Wildman–Crippen LogP) is 2.38. The van der Waals surface area contributed by atoms with Crippen molar-refractivity contribution in [2.24, 2.45) is 0 Å². The Kier molecular flexibility index (Phi) is 6.14. The molecule has 0 spiro atoms. The zero-order chi connectivity index (χ0) is 18.4. The number of morpholine rings is 1. The Balaban J connectivity index is 1.81. The molecule has 6 nitrogen and oxygen atoms in total. The molecule has 0 aliphatic carbocycles. The Hall–Kier alpha value is -2.51. The van der Waals surface area contributed by atoms with Crippen LogP contribution in [0.3, 0.4) is 0 Å². The van der Waals surface area contributed by atoms with Gasteiger partial charge in [0, 0.05) is 49.4 Å². The van der Waals surface area contributed by atoms with Crippen LogP contribution in [0.1, 0.15) is 17.2 Å². The van der Waals surface area contributed by atoms with Crippen LogP contribution < -0.4 is 5.32 Å². The molecule has 1 atom stereocenters. The number of nitrogens with zero attached hydrogens (tertiary/aromatic N) is 2. The van der Waals surface area contributed by atoms with Gasteiger partial charge in [-0.1, -0.05) is 18.2 Å². The monoisotopic (exact) mass is 359 g/mol. The smallest absolute Gasteiger partial charge is 0.249 e. The number of nitrogens with one attached hydrogen (secondary N) is 1. The van der Waals surface area contributed by atoms with Crippen molar-refractivity contribution >= 4 is 11.6 Å². The summed E-state index contributed by atoms with van der Waals surface area (Å²) in [6.07, 6.45) is 3.38. The van der Waals surface area contributed by atoms with Gasteiger partial charge in [0.1, 0.15) is 12.4 Å². The number of carbonyl (C=O) groups is 1. The van der Waals surface area contributed by atoms with Gasteiger partial charge in [-0.2, -0.15) is 0 Å². The van der Waals surface area contributed by atoms with Gasteiger partial charge in [-0.15, -0.1) is 0 Å². The molecule has 1 amide bonds. The average Bonchev–Trinajstić information content (AvgIpc) is 2.66. The highest BCUT2D eigenvalue weighted by molar-refractivity contribution is 5.79. The number of rotatable bonds is 7. The first kappa shape index (κ1) is 18.3. The van der Waals surface area contributed by atoms with Crippen LogP contribution in [0.25, 0.3) is 0 Å². The SMILES string of the molecule is COCCN1C(=O)COCC1c1cnccc1NCc1ccccc1F. The molecule has 0 bridgehead atoms. The molecule has 26 heavy (non-hydrogen) atoms. The summed E-state index contributed by atoms with van der Waals surface area (Å²) in [5.74, 6) is -0.337. The van der Waals surface area contributed by atoms with Crippen molar-refractivity contribution < 1.29 is 18.7 Å². The van der Waals surface area contributed by atoms with Gasteiger partial charge in [-0.3, -0.25) is 9.78 Å². The minimum absolute atomic E-state index is 0.0679.